The van der Waals surface area contributed by atoms with Crippen LogP contribution >= 0.6 is 0 Å². The predicted molar refractivity (Wildman–Crippen MR) is 64.9 cm³/mol. The third-order valence-corrected chi connectivity index (χ3v) is 3.39. The van der Waals surface area contributed by atoms with Crippen LogP contribution in [-0.2, 0) is 4.79 Å². The van der Waals surface area contributed by atoms with Crippen LogP contribution in [0.2, 0.25) is 0 Å². The summed E-state index contributed by atoms with van der Waals surface area (Å²) < 4.78 is 0. The Bertz CT molecular complexity index is 196. The Morgan fingerprint density at radius 1 is 1.20 bits per heavy atom. The minimum atomic E-state index is 0.399. The van der Waals surface area contributed by atoms with Crippen molar-refractivity contribution in [3.63, 3.8) is 0 Å². The van der Waals surface area contributed by atoms with E-state index < -0.39 is 0 Å². The van der Waals surface area contributed by atoms with Crippen molar-refractivity contribution >= 4 is 5.78 Å². The maximum atomic E-state index is 11.7. The molecule has 1 aliphatic carbocycles. The predicted octanol–water partition coefficient (Wildman–Crippen LogP) is 4.27. The highest BCUT2D eigenvalue weighted by atomic mass is 16.1. The average Bonchev–Trinajstić information content (AvgIpc) is 2.44. The van der Waals surface area contributed by atoms with E-state index in [1.807, 2.05) is 6.08 Å². The van der Waals surface area contributed by atoms with Gasteiger partial charge in [-0.2, -0.15) is 0 Å². The van der Waals surface area contributed by atoms with Crippen LogP contribution < -0.4 is 0 Å². The molecule has 1 heteroatoms. The van der Waals surface area contributed by atoms with Gasteiger partial charge in [0.1, 0.15) is 5.78 Å². The molecule has 1 aliphatic rings. The lowest BCUT2D eigenvalue weighted by Crippen LogP contribution is -2.12. The van der Waals surface area contributed by atoms with Crippen molar-refractivity contribution in [2.75, 3.05) is 0 Å². The summed E-state index contributed by atoms with van der Waals surface area (Å²) in [4.78, 5) is 11.7. The van der Waals surface area contributed by atoms with Crippen molar-refractivity contribution in [1.82, 2.24) is 0 Å². The molecule has 0 aromatic carbocycles. The summed E-state index contributed by atoms with van der Waals surface area (Å²) in [5, 5.41) is 0. The molecule has 0 N–H and O–H groups in total. The quantitative estimate of drug-likeness (QED) is 0.362. The van der Waals surface area contributed by atoms with Crippen molar-refractivity contribution in [2.45, 2.75) is 64.2 Å². The van der Waals surface area contributed by atoms with Crippen molar-refractivity contribution in [2.24, 2.45) is 5.92 Å². The van der Waals surface area contributed by atoms with E-state index >= 15 is 0 Å². The highest BCUT2D eigenvalue weighted by molar-refractivity contribution is 5.81. The van der Waals surface area contributed by atoms with Crippen molar-refractivity contribution in [1.29, 1.82) is 0 Å². The fourth-order valence-corrected chi connectivity index (χ4v) is 2.39. The van der Waals surface area contributed by atoms with Crippen LogP contribution in [-0.4, -0.2) is 5.78 Å². The van der Waals surface area contributed by atoms with Gasteiger partial charge in [-0.1, -0.05) is 31.8 Å². The first kappa shape index (κ1) is 12.5. The topological polar surface area (TPSA) is 17.1 Å². The van der Waals surface area contributed by atoms with Crippen LogP contribution in [0, 0.1) is 5.92 Å². The molecule has 86 valence electrons. The maximum absolute atomic E-state index is 11.7. The highest BCUT2D eigenvalue weighted by Crippen LogP contribution is 2.24. The lowest BCUT2D eigenvalue weighted by atomic mass is 9.92. The van der Waals surface area contributed by atoms with Crippen molar-refractivity contribution in [3.8, 4) is 0 Å². The first-order valence-corrected chi connectivity index (χ1v) is 6.48. The SMILES string of the molecule is C=CCCCCCC1CCCCCC1=O. The summed E-state index contributed by atoms with van der Waals surface area (Å²) in [6, 6.07) is 0. The monoisotopic (exact) mass is 208 g/mol. The Hall–Kier alpha value is -0.590. The van der Waals surface area contributed by atoms with Gasteiger partial charge in [-0.15, -0.1) is 6.58 Å². The molecule has 0 saturated heterocycles. The minimum absolute atomic E-state index is 0.399. The molecule has 1 nitrogen and oxygen atoms in total. The van der Waals surface area contributed by atoms with Gasteiger partial charge in [-0.05, 0) is 32.1 Å². The van der Waals surface area contributed by atoms with Gasteiger partial charge in [-0.25, -0.2) is 0 Å². The van der Waals surface area contributed by atoms with Gasteiger partial charge in [0.2, 0.25) is 0 Å². The maximum Gasteiger partial charge on any atom is 0.135 e. The summed E-state index contributed by atoms with van der Waals surface area (Å²) in [6.45, 7) is 3.72. The summed E-state index contributed by atoms with van der Waals surface area (Å²) in [6.07, 6.45) is 13.6. The van der Waals surface area contributed by atoms with Crippen LogP contribution in [0.5, 0.6) is 0 Å². The largest absolute Gasteiger partial charge is 0.299 e. The van der Waals surface area contributed by atoms with Gasteiger partial charge in [0.05, 0.1) is 0 Å². The number of hydrogen-bond donors (Lipinski definition) is 0. The zero-order chi connectivity index (χ0) is 10.9. The number of ketones is 1. The number of unbranched alkanes of at least 4 members (excludes halogenated alkanes) is 3. The van der Waals surface area contributed by atoms with Crippen molar-refractivity contribution < 1.29 is 4.79 Å². The van der Waals surface area contributed by atoms with Crippen LogP contribution in [0.15, 0.2) is 12.7 Å². The highest BCUT2D eigenvalue weighted by Gasteiger charge is 2.19. The molecule has 1 rings (SSSR count). The second-order valence-electron chi connectivity index (χ2n) is 4.69. The van der Waals surface area contributed by atoms with E-state index in [0.29, 0.717) is 11.7 Å². The minimum Gasteiger partial charge on any atom is -0.299 e. The van der Waals surface area contributed by atoms with E-state index in [0.717, 1.165) is 32.1 Å². The summed E-state index contributed by atoms with van der Waals surface area (Å²) in [5.41, 5.74) is 0. The zero-order valence-electron chi connectivity index (χ0n) is 9.84. The summed E-state index contributed by atoms with van der Waals surface area (Å²) in [5.74, 6) is 0.937. The summed E-state index contributed by atoms with van der Waals surface area (Å²) >= 11 is 0. The molecular weight excluding hydrogens is 184 g/mol. The number of hydrogen-bond acceptors (Lipinski definition) is 1. The zero-order valence-corrected chi connectivity index (χ0v) is 9.84. The molecule has 1 fully saturated rings. The molecule has 0 bridgehead atoms. The van der Waals surface area contributed by atoms with Gasteiger partial charge in [-0.3, -0.25) is 4.79 Å². The standard InChI is InChI=1S/C14H24O/c1-2-3-4-5-7-10-13-11-8-6-9-12-14(13)15/h2,13H,1,3-12H2. The molecule has 0 heterocycles. The molecule has 1 unspecified atom stereocenters. The molecule has 0 aromatic heterocycles. The Morgan fingerprint density at radius 2 is 2.07 bits per heavy atom. The van der Waals surface area contributed by atoms with Crippen LogP contribution in [0.3, 0.4) is 0 Å². The van der Waals surface area contributed by atoms with Crippen LogP contribution in [0.4, 0.5) is 0 Å². The Morgan fingerprint density at radius 3 is 2.87 bits per heavy atom. The second kappa shape index (κ2) is 7.67. The van der Waals surface area contributed by atoms with E-state index in [1.165, 1.54) is 32.1 Å². The number of allylic oxidation sites excluding steroid dienone is 1. The van der Waals surface area contributed by atoms with E-state index in [2.05, 4.69) is 6.58 Å². The van der Waals surface area contributed by atoms with Gasteiger partial charge in [0.25, 0.3) is 0 Å². The smallest absolute Gasteiger partial charge is 0.135 e. The number of rotatable bonds is 6. The molecule has 15 heavy (non-hydrogen) atoms. The fourth-order valence-electron chi connectivity index (χ4n) is 2.39. The Labute approximate surface area is 93.9 Å². The van der Waals surface area contributed by atoms with Gasteiger partial charge < -0.3 is 0 Å². The van der Waals surface area contributed by atoms with Crippen LogP contribution in [0.1, 0.15) is 64.2 Å². The van der Waals surface area contributed by atoms with Gasteiger partial charge >= 0.3 is 0 Å². The third-order valence-electron chi connectivity index (χ3n) is 3.39. The molecule has 0 radical (unpaired) electrons. The van der Waals surface area contributed by atoms with E-state index in [1.54, 1.807) is 0 Å². The summed E-state index contributed by atoms with van der Waals surface area (Å²) in [7, 11) is 0. The molecule has 0 aromatic rings. The molecule has 0 aliphatic heterocycles. The number of carbonyl (C=O) groups is 1. The van der Waals surface area contributed by atoms with Crippen molar-refractivity contribution in [3.05, 3.63) is 12.7 Å². The fraction of sp³-hybridized carbons (Fsp3) is 0.786. The lowest BCUT2D eigenvalue weighted by Gasteiger charge is -2.11. The average molecular weight is 208 g/mol. The molecule has 1 saturated carbocycles. The third kappa shape index (κ3) is 5.15. The normalized spacial score (nSPS) is 22.4. The molecule has 0 amide bonds. The van der Waals surface area contributed by atoms with E-state index in [4.69, 9.17) is 0 Å². The lowest BCUT2D eigenvalue weighted by molar-refractivity contribution is -0.122. The first-order valence-electron chi connectivity index (χ1n) is 6.48. The van der Waals surface area contributed by atoms with E-state index in [-0.39, 0.29) is 0 Å². The second-order valence-corrected chi connectivity index (χ2v) is 4.69. The molecule has 1 atom stereocenters. The first-order chi connectivity index (χ1) is 7.34. The van der Waals surface area contributed by atoms with Crippen LogP contribution in [0.25, 0.3) is 0 Å². The van der Waals surface area contributed by atoms with E-state index in [9.17, 15) is 4.79 Å². The molecule has 0 spiro atoms. The van der Waals surface area contributed by atoms with Gasteiger partial charge in [0, 0.05) is 12.3 Å². The molecular formula is C14H24O. The Balaban J connectivity index is 2.12. The Kier molecular flexibility index (Phi) is 6.38. The number of carbonyl (C=O) groups excluding carboxylic acids is 1. The van der Waals surface area contributed by atoms with Gasteiger partial charge in [0.15, 0.2) is 0 Å². The number of Topliss-reactive ketones (excluding diaryl/α,β-unsaturated/α-hetero) is 1.